The van der Waals surface area contributed by atoms with Gasteiger partial charge in [-0.3, -0.25) is 14.5 Å². The van der Waals surface area contributed by atoms with E-state index in [1.165, 1.54) is 25.7 Å². The molecule has 0 aromatic heterocycles. The maximum Gasteiger partial charge on any atom is 0.313 e. The Morgan fingerprint density at radius 1 is 1.07 bits per heavy atom. The van der Waals surface area contributed by atoms with E-state index in [4.69, 9.17) is 0 Å². The van der Waals surface area contributed by atoms with Gasteiger partial charge in [0.1, 0.15) is 5.41 Å². The van der Waals surface area contributed by atoms with Gasteiger partial charge in [0.2, 0.25) is 0 Å². The van der Waals surface area contributed by atoms with Crippen LogP contribution in [0.15, 0.2) is 24.3 Å². The molecule has 27 heavy (non-hydrogen) atoms. The number of rotatable bonds is 4. The van der Waals surface area contributed by atoms with Crippen LogP contribution in [0.1, 0.15) is 36.0 Å². The Kier molecular flexibility index (Phi) is 4.62. The van der Waals surface area contributed by atoms with Crippen LogP contribution in [0.4, 0.5) is 5.69 Å². The second-order valence-electron chi connectivity index (χ2n) is 8.65. The van der Waals surface area contributed by atoms with Crippen molar-refractivity contribution in [3.05, 3.63) is 29.8 Å². The van der Waals surface area contributed by atoms with Gasteiger partial charge >= 0.3 is 5.97 Å². The van der Waals surface area contributed by atoms with Crippen molar-refractivity contribution in [2.45, 2.75) is 31.7 Å². The molecule has 1 N–H and O–H groups in total. The number of nitrogens with zero attached hydrogens (tertiary/aromatic N) is 3. The quantitative estimate of drug-likeness (QED) is 0.879. The molecule has 4 rings (SSSR count). The van der Waals surface area contributed by atoms with Crippen LogP contribution in [0.3, 0.4) is 0 Å². The number of hydrogen-bond acceptors (Lipinski definition) is 4. The lowest BCUT2D eigenvalue weighted by atomic mass is 9.81. The molecule has 1 aromatic rings. The molecule has 6 heteroatoms. The zero-order valence-electron chi connectivity index (χ0n) is 16.2. The number of hydrogen-bond donors (Lipinski definition) is 1. The van der Waals surface area contributed by atoms with Crippen LogP contribution in [0.5, 0.6) is 0 Å². The van der Waals surface area contributed by atoms with Crippen LogP contribution in [0.25, 0.3) is 0 Å². The van der Waals surface area contributed by atoms with E-state index in [0.717, 1.165) is 12.2 Å². The second-order valence-corrected chi connectivity index (χ2v) is 8.65. The number of amides is 1. The number of anilines is 1. The minimum Gasteiger partial charge on any atom is -0.481 e. The summed E-state index contributed by atoms with van der Waals surface area (Å²) in [6.07, 6.45) is 4.87. The van der Waals surface area contributed by atoms with Gasteiger partial charge in [-0.2, -0.15) is 0 Å². The third kappa shape index (κ3) is 3.10. The highest BCUT2D eigenvalue weighted by Gasteiger charge is 2.59. The second kappa shape index (κ2) is 6.82. The molecule has 0 radical (unpaired) electrons. The Bertz CT molecular complexity index is 727. The van der Waals surface area contributed by atoms with Crippen molar-refractivity contribution >= 4 is 17.6 Å². The first-order valence-electron chi connectivity index (χ1n) is 9.95. The molecule has 0 unspecified atom stereocenters. The molecular weight excluding hydrogens is 342 g/mol. The Morgan fingerprint density at radius 3 is 2.30 bits per heavy atom. The maximum absolute atomic E-state index is 13.0. The molecule has 3 fully saturated rings. The summed E-state index contributed by atoms with van der Waals surface area (Å²) in [4.78, 5) is 31.3. The highest BCUT2D eigenvalue weighted by atomic mass is 16.4. The highest BCUT2D eigenvalue weighted by molar-refractivity contribution is 5.95. The van der Waals surface area contributed by atoms with E-state index < -0.39 is 11.4 Å². The predicted octanol–water partition coefficient (Wildman–Crippen LogP) is 2.15. The number of fused-ring (bicyclic) bond motifs is 1. The molecule has 1 saturated carbocycles. The lowest BCUT2D eigenvalue weighted by molar-refractivity contribution is -0.148. The fraction of sp³-hybridized carbons (Fsp3) is 0.619. The Labute approximate surface area is 160 Å². The molecule has 2 atom stereocenters. The highest BCUT2D eigenvalue weighted by Crippen LogP contribution is 2.45. The first-order valence-corrected chi connectivity index (χ1v) is 9.95. The minimum absolute atomic E-state index is 0.0283. The predicted molar refractivity (Wildman–Crippen MR) is 104 cm³/mol. The summed E-state index contributed by atoms with van der Waals surface area (Å²) in [7, 11) is 3.93. The van der Waals surface area contributed by atoms with E-state index >= 15 is 0 Å². The van der Waals surface area contributed by atoms with Crippen molar-refractivity contribution in [2.24, 2.45) is 11.3 Å². The molecule has 6 nitrogen and oxygen atoms in total. The molecule has 2 saturated heterocycles. The van der Waals surface area contributed by atoms with Crippen LogP contribution in [-0.2, 0) is 4.79 Å². The van der Waals surface area contributed by atoms with Crippen molar-refractivity contribution in [3.63, 3.8) is 0 Å². The Balaban J connectivity index is 1.49. The van der Waals surface area contributed by atoms with Gasteiger partial charge in [-0.25, -0.2) is 0 Å². The molecule has 0 bridgehead atoms. The first-order chi connectivity index (χ1) is 12.9. The molecule has 146 valence electrons. The van der Waals surface area contributed by atoms with Gasteiger partial charge in [-0.15, -0.1) is 0 Å². The average Bonchev–Trinajstić information content (AvgIpc) is 3.35. The molecule has 3 aliphatic rings. The number of likely N-dealkylation sites (tertiary alicyclic amines) is 2. The summed E-state index contributed by atoms with van der Waals surface area (Å²) in [6, 6.07) is 8.07. The van der Waals surface area contributed by atoms with Crippen molar-refractivity contribution in [1.29, 1.82) is 0 Å². The van der Waals surface area contributed by atoms with Gasteiger partial charge in [0.15, 0.2) is 0 Å². The Morgan fingerprint density at radius 2 is 1.74 bits per heavy atom. The number of carbonyl (C=O) groups excluding carboxylic acids is 1. The summed E-state index contributed by atoms with van der Waals surface area (Å²) in [5, 5.41) is 10.0. The lowest BCUT2D eigenvalue weighted by Gasteiger charge is -2.28. The number of aliphatic carboxylic acids is 1. The molecule has 1 aliphatic carbocycles. The summed E-state index contributed by atoms with van der Waals surface area (Å²) >= 11 is 0. The van der Waals surface area contributed by atoms with Crippen molar-refractivity contribution in [3.8, 4) is 0 Å². The van der Waals surface area contributed by atoms with E-state index in [1.54, 1.807) is 4.90 Å². The fourth-order valence-corrected chi connectivity index (χ4v) is 5.19. The van der Waals surface area contributed by atoms with Crippen molar-refractivity contribution < 1.29 is 14.7 Å². The van der Waals surface area contributed by atoms with Gasteiger partial charge in [0.25, 0.3) is 5.91 Å². The van der Waals surface area contributed by atoms with E-state index in [1.807, 2.05) is 43.3 Å². The summed E-state index contributed by atoms with van der Waals surface area (Å²) in [5.41, 5.74) is 0.870. The van der Waals surface area contributed by atoms with Crippen LogP contribution >= 0.6 is 0 Å². The first kappa shape index (κ1) is 18.3. The maximum atomic E-state index is 13.0. The molecule has 1 aromatic carbocycles. The van der Waals surface area contributed by atoms with E-state index in [-0.39, 0.29) is 11.8 Å². The lowest BCUT2D eigenvalue weighted by Crippen LogP contribution is -2.43. The van der Waals surface area contributed by atoms with Crippen LogP contribution in [0.2, 0.25) is 0 Å². The Hall–Kier alpha value is -2.08. The van der Waals surface area contributed by atoms with Crippen LogP contribution in [0, 0.1) is 11.3 Å². The van der Waals surface area contributed by atoms with Crippen molar-refractivity contribution in [2.75, 3.05) is 45.2 Å². The monoisotopic (exact) mass is 371 g/mol. The summed E-state index contributed by atoms with van der Waals surface area (Å²) in [5.74, 6) is -0.769. The number of carboxylic acid groups (broad SMARTS) is 1. The number of carbonyl (C=O) groups is 2. The molecule has 2 aliphatic heterocycles. The normalized spacial score (nSPS) is 28.5. The smallest absolute Gasteiger partial charge is 0.313 e. The zero-order valence-corrected chi connectivity index (χ0v) is 16.2. The van der Waals surface area contributed by atoms with Gasteiger partial charge in [-0.05, 0) is 37.1 Å². The van der Waals surface area contributed by atoms with Crippen molar-refractivity contribution in [1.82, 2.24) is 9.80 Å². The summed E-state index contributed by atoms with van der Waals surface area (Å²) in [6.45, 7) is 2.26. The van der Waals surface area contributed by atoms with Crippen LogP contribution in [-0.4, -0.2) is 73.1 Å². The fourth-order valence-electron chi connectivity index (χ4n) is 5.19. The molecule has 0 spiro atoms. The van der Waals surface area contributed by atoms with Gasteiger partial charge < -0.3 is 14.9 Å². The third-order valence-electron chi connectivity index (χ3n) is 6.82. The standard InChI is InChI=1S/C21H29N3O3/c1-22(2)17-9-7-15(8-10-17)19(25)24-12-16-11-23(18-5-3-4-6-18)13-21(16,14-24)20(26)27/h7-10,16,18H,3-6,11-14H2,1-2H3,(H,26,27)/t16-,21-/m1/s1. The average molecular weight is 371 g/mol. The van der Waals surface area contributed by atoms with Gasteiger partial charge in [0, 0.05) is 63.5 Å². The number of benzene rings is 1. The third-order valence-corrected chi connectivity index (χ3v) is 6.82. The summed E-state index contributed by atoms with van der Waals surface area (Å²) < 4.78 is 0. The van der Waals surface area contributed by atoms with Gasteiger partial charge in [0.05, 0.1) is 0 Å². The van der Waals surface area contributed by atoms with E-state index in [0.29, 0.717) is 31.2 Å². The molecule has 1 amide bonds. The van der Waals surface area contributed by atoms with Crippen LogP contribution < -0.4 is 4.90 Å². The van der Waals surface area contributed by atoms with E-state index in [9.17, 15) is 14.7 Å². The SMILES string of the molecule is CN(C)c1ccc(C(=O)N2C[C@H]3CN(C4CCCC4)C[C@@]3(C(=O)O)C2)cc1. The van der Waals surface area contributed by atoms with Gasteiger partial charge in [-0.1, -0.05) is 12.8 Å². The topological polar surface area (TPSA) is 64.1 Å². The molecular formula is C21H29N3O3. The number of carboxylic acids is 1. The molecule has 2 heterocycles. The largest absolute Gasteiger partial charge is 0.481 e. The minimum atomic E-state index is -0.804. The zero-order chi connectivity index (χ0) is 19.2. The van der Waals surface area contributed by atoms with E-state index in [2.05, 4.69) is 4.90 Å².